The molecule has 0 fully saturated rings. The molecule has 0 bridgehead atoms. The maximum Gasteiger partial charge on any atom is 0.210 e. The second-order valence-electron chi connectivity index (χ2n) is 3.90. The van der Waals surface area contributed by atoms with E-state index >= 15 is 0 Å². The molecule has 5 heteroatoms. The molecule has 0 saturated heterocycles. The number of nitrogens with one attached hydrogen (secondary N) is 1. The summed E-state index contributed by atoms with van der Waals surface area (Å²) in [5, 5.41) is 8.06. The summed E-state index contributed by atoms with van der Waals surface area (Å²) < 4.78 is 21.5. The van der Waals surface area contributed by atoms with Crippen LogP contribution in [0.2, 0.25) is 0 Å². The van der Waals surface area contributed by atoms with Gasteiger partial charge in [-0.25, -0.2) is 13.6 Å². The standard InChI is InChI=1S/C11H18N2O2S/c1-9-5-3-4-6-11(9)10(2)13-7-8-16(12,14)15/h3-6,10,13H,7-8H2,1-2H3,(H2,12,14,15). The molecule has 16 heavy (non-hydrogen) atoms. The van der Waals surface area contributed by atoms with Crippen LogP contribution < -0.4 is 10.5 Å². The normalized spacial score (nSPS) is 13.7. The average molecular weight is 242 g/mol. The van der Waals surface area contributed by atoms with Crippen LogP contribution in [0, 0.1) is 6.92 Å². The van der Waals surface area contributed by atoms with Crippen molar-refractivity contribution >= 4 is 10.0 Å². The van der Waals surface area contributed by atoms with Crippen LogP contribution in [0.1, 0.15) is 24.1 Å². The third-order valence-electron chi connectivity index (χ3n) is 2.49. The number of rotatable bonds is 5. The molecule has 4 nitrogen and oxygen atoms in total. The minimum Gasteiger partial charge on any atom is -0.309 e. The van der Waals surface area contributed by atoms with E-state index in [0.29, 0.717) is 6.54 Å². The van der Waals surface area contributed by atoms with Gasteiger partial charge in [0, 0.05) is 12.6 Å². The van der Waals surface area contributed by atoms with Gasteiger partial charge in [0.1, 0.15) is 0 Å². The zero-order chi connectivity index (χ0) is 12.2. The molecule has 1 unspecified atom stereocenters. The molecular weight excluding hydrogens is 224 g/mol. The van der Waals surface area contributed by atoms with Gasteiger partial charge in [0.25, 0.3) is 0 Å². The van der Waals surface area contributed by atoms with Crippen molar-refractivity contribution in [3.63, 3.8) is 0 Å². The van der Waals surface area contributed by atoms with Gasteiger partial charge in [-0.15, -0.1) is 0 Å². The van der Waals surface area contributed by atoms with Crippen LogP contribution in [-0.4, -0.2) is 20.7 Å². The zero-order valence-electron chi connectivity index (χ0n) is 9.60. The van der Waals surface area contributed by atoms with Gasteiger partial charge in [-0.05, 0) is 25.0 Å². The third-order valence-corrected chi connectivity index (χ3v) is 3.27. The van der Waals surface area contributed by atoms with Gasteiger partial charge in [-0.3, -0.25) is 0 Å². The van der Waals surface area contributed by atoms with Crippen LogP contribution in [0.25, 0.3) is 0 Å². The van der Waals surface area contributed by atoms with Crippen molar-refractivity contribution in [3.8, 4) is 0 Å². The first kappa shape index (κ1) is 13.2. The van der Waals surface area contributed by atoms with Crippen LogP contribution in [-0.2, 0) is 10.0 Å². The lowest BCUT2D eigenvalue weighted by atomic mass is 10.0. The summed E-state index contributed by atoms with van der Waals surface area (Å²) in [6.45, 7) is 4.41. The van der Waals surface area contributed by atoms with E-state index in [1.165, 1.54) is 11.1 Å². The maximum atomic E-state index is 10.8. The Bertz CT molecular complexity index is 443. The van der Waals surface area contributed by atoms with E-state index in [4.69, 9.17) is 5.14 Å². The second kappa shape index (κ2) is 5.43. The Labute approximate surface area is 96.9 Å². The van der Waals surface area contributed by atoms with Crippen molar-refractivity contribution in [1.82, 2.24) is 5.32 Å². The van der Waals surface area contributed by atoms with Gasteiger partial charge in [-0.1, -0.05) is 24.3 Å². The molecule has 0 heterocycles. The highest BCUT2D eigenvalue weighted by Crippen LogP contribution is 2.15. The first-order chi connectivity index (χ1) is 7.40. The first-order valence-corrected chi connectivity index (χ1v) is 6.91. The van der Waals surface area contributed by atoms with Crippen molar-refractivity contribution in [3.05, 3.63) is 35.4 Å². The van der Waals surface area contributed by atoms with Gasteiger partial charge < -0.3 is 5.32 Å². The molecule has 1 aromatic carbocycles. The largest absolute Gasteiger partial charge is 0.309 e. The number of aryl methyl sites for hydroxylation is 1. The van der Waals surface area contributed by atoms with Crippen LogP contribution in [0.5, 0.6) is 0 Å². The van der Waals surface area contributed by atoms with Crippen LogP contribution in [0.3, 0.4) is 0 Å². The third kappa shape index (κ3) is 4.30. The monoisotopic (exact) mass is 242 g/mol. The van der Waals surface area contributed by atoms with Crippen molar-refractivity contribution in [2.75, 3.05) is 12.3 Å². The predicted molar refractivity (Wildman–Crippen MR) is 65.6 cm³/mol. The molecule has 0 amide bonds. The Morgan fingerprint density at radius 3 is 2.56 bits per heavy atom. The number of primary sulfonamides is 1. The fourth-order valence-corrected chi connectivity index (χ4v) is 2.00. The number of hydrogen-bond donors (Lipinski definition) is 2. The molecule has 0 aliphatic rings. The maximum absolute atomic E-state index is 10.8. The number of sulfonamides is 1. The summed E-state index contributed by atoms with van der Waals surface area (Å²) in [5.41, 5.74) is 2.37. The molecular formula is C11H18N2O2S. The van der Waals surface area contributed by atoms with E-state index in [9.17, 15) is 8.42 Å². The molecule has 1 rings (SSSR count). The van der Waals surface area contributed by atoms with E-state index in [1.807, 2.05) is 38.1 Å². The number of benzene rings is 1. The Kier molecular flexibility index (Phi) is 4.46. The molecule has 3 N–H and O–H groups in total. The topological polar surface area (TPSA) is 72.2 Å². The smallest absolute Gasteiger partial charge is 0.210 e. The fraction of sp³-hybridized carbons (Fsp3) is 0.455. The van der Waals surface area contributed by atoms with Crippen molar-refractivity contribution in [1.29, 1.82) is 0 Å². The van der Waals surface area contributed by atoms with Gasteiger partial charge in [0.2, 0.25) is 10.0 Å². The molecule has 0 aliphatic heterocycles. The quantitative estimate of drug-likeness (QED) is 0.807. The Hall–Kier alpha value is -0.910. The van der Waals surface area contributed by atoms with Gasteiger partial charge in [0.05, 0.1) is 5.75 Å². The molecule has 1 aromatic rings. The lowest BCUT2D eigenvalue weighted by Crippen LogP contribution is -2.29. The lowest BCUT2D eigenvalue weighted by molar-refractivity contribution is 0.572. The van der Waals surface area contributed by atoms with E-state index in [-0.39, 0.29) is 11.8 Å². The van der Waals surface area contributed by atoms with Gasteiger partial charge in [-0.2, -0.15) is 0 Å². The number of hydrogen-bond acceptors (Lipinski definition) is 3. The van der Waals surface area contributed by atoms with Crippen molar-refractivity contribution in [2.24, 2.45) is 5.14 Å². The summed E-state index contributed by atoms with van der Waals surface area (Å²) in [4.78, 5) is 0. The minimum atomic E-state index is -3.37. The highest BCUT2D eigenvalue weighted by molar-refractivity contribution is 7.89. The van der Waals surface area contributed by atoms with Gasteiger partial charge in [0.15, 0.2) is 0 Å². The Morgan fingerprint density at radius 1 is 1.38 bits per heavy atom. The molecule has 0 aromatic heterocycles. The van der Waals surface area contributed by atoms with E-state index in [0.717, 1.165) is 0 Å². The predicted octanol–water partition coefficient (Wildman–Crippen LogP) is 0.934. The summed E-state index contributed by atoms with van der Waals surface area (Å²) in [6.07, 6.45) is 0. The zero-order valence-corrected chi connectivity index (χ0v) is 10.4. The molecule has 90 valence electrons. The fourth-order valence-electron chi connectivity index (χ4n) is 1.60. The summed E-state index contributed by atoms with van der Waals surface area (Å²) in [7, 11) is -3.37. The summed E-state index contributed by atoms with van der Waals surface area (Å²) in [5.74, 6) is -0.0385. The van der Waals surface area contributed by atoms with Gasteiger partial charge >= 0.3 is 0 Å². The van der Waals surface area contributed by atoms with Crippen molar-refractivity contribution < 1.29 is 8.42 Å². The Morgan fingerprint density at radius 2 is 2.00 bits per heavy atom. The average Bonchev–Trinajstić information content (AvgIpc) is 2.16. The summed E-state index contributed by atoms with van der Waals surface area (Å²) >= 11 is 0. The van der Waals surface area contributed by atoms with E-state index in [1.54, 1.807) is 0 Å². The Balaban J connectivity index is 2.54. The van der Waals surface area contributed by atoms with Crippen molar-refractivity contribution in [2.45, 2.75) is 19.9 Å². The molecule has 1 atom stereocenters. The molecule has 0 radical (unpaired) electrons. The molecule has 0 spiro atoms. The molecule has 0 aliphatic carbocycles. The lowest BCUT2D eigenvalue weighted by Gasteiger charge is -2.15. The molecule has 0 saturated carbocycles. The highest BCUT2D eigenvalue weighted by Gasteiger charge is 2.08. The van der Waals surface area contributed by atoms with Crippen LogP contribution >= 0.6 is 0 Å². The van der Waals surface area contributed by atoms with E-state index < -0.39 is 10.0 Å². The second-order valence-corrected chi connectivity index (χ2v) is 5.63. The van der Waals surface area contributed by atoms with Crippen LogP contribution in [0.4, 0.5) is 0 Å². The SMILES string of the molecule is Cc1ccccc1C(C)NCCS(N)(=O)=O. The first-order valence-electron chi connectivity index (χ1n) is 5.19. The van der Waals surface area contributed by atoms with Crippen LogP contribution in [0.15, 0.2) is 24.3 Å². The number of nitrogens with two attached hydrogens (primary N) is 1. The summed E-state index contributed by atoms with van der Waals surface area (Å²) in [6, 6.07) is 8.15. The highest BCUT2D eigenvalue weighted by atomic mass is 32.2. The van der Waals surface area contributed by atoms with E-state index in [2.05, 4.69) is 5.32 Å². The minimum absolute atomic E-state index is 0.0385.